The zero-order chi connectivity index (χ0) is 21.5. The molecule has 0 bridgehead atoms. The summed E-state index contributed by atoms with van der Waals surface area (Å²) in [6.07, 6.45) is 0.924. The van der Waals surface area contributed by atoms with Gasteiger partial charge in [-0.05, 0) is 54.1 Å². The Morgan fingerprint density at radius 2 is 1.83 bits per heavy atom. The van der Waals surface area contributed by atoms with Gasteiger partial charge in [-0.1, -0.05) is 61.2 Å². The molecule has 0 aliphatic carbocycles. The van der Waals surface area contributed by atoms with Crippen LogP contribution < -0.4 is 5.32 Å². The van der Waals surface area contributed by atoms with Gasteiger partial charge in [0, 0.05) is 4.47 Å². The average molecular weight is 488 g/mol. The molecule has 1 N–H and O–H groups in total. The number of hydrogen-bond donors (Lipinski definition) is 1. The molecule has 3 rings (SSSR count). The maximum atomic E-state index is 12.5. The van der Waals surface area contributed by atoms with E-state index in [0.717, 1.165) is 27.6 Å². The highest BCUT2D eigenvalue weighted by Crippen LogP contribution is 2.27. The van der Waals surface area contributed by atoms with Crippen molar-refractivity contribution < 1.29 is 4.79 Å². The van der Waals surface area contributed by atoms with Gasteiger partial charge in [-0.15, -0.1) is 10.2 Å². The summed E-state index contributed by atoms with van der Waals surface area (Å²) in [7, 11) is 4.10. The molecule has 1 unspecified atom stereocenters. The number of rotatable bonds is 9. The van der Waals surface area contributed by atoms with Crippen LogP contribution >= 0.6 is 27.7 Å². The second-order valence-electron chi connectivity index (χ2n) is 7.12. The highest BCUT2D eigenvalue weighted by Gasteiger charge is 2.22. The fourth-order valence-electron chi connectivity index (χ4n) is 3.23. The van der Waals surface area contributed by atoms with Crippen molar-refractivity contribution in [2.24, 2.45) is 0 Å². The van der Waals surface area contributed by atoms with Gasteiger partial charge in [-0.25, -0.2) is 0 Å². The number of halogens is 1. The Kier molecular flexibility index (Phi) is 8.07. The number of carbonyl (C=O) groups is 1. The van der Waals surface area contributed by atoms with Crippen molar-refractivity contribution in [3.63, 3.8) is 0 Å². The van der Waals surface area contributed by atoms with Gasteiger partial charge in [0.25, 0.3) is 0 Å². The lowest BCUT2D eigenvalue weighted by atomic mass is 10.2. The molecule has 8 heteroatoms. The minimum Gasteiger partial charge on any atom is -0.324 e. The number of nitrogens with zero attached hydrogens (tertiary/aromatic N) is 4. The van der Waals surface area contributed by atoms with Crippen LogP contribution in [0.2, 0.25) is 0 Å². The van der Waals surface area contributed by atoms with Gasteiger partial charge in [0.2, 0.25) is 5.91 Å². The number of hydrogen-bond acceptors (Lipinski definition) is 5. The highest BCUT2D eigenvalue weighted by atomic mass is 79.9. The monoisotopic (exact) mass is 487 g/mol. The molecule has 2 aromatic carbocycles. The fourth-order valence-corrected chi connectivity index (χ4v) is 4.35. The van der Waals surface area contributed by atoms with Crippen LogP contribution in [0, 0.1) is 0 Å². The number of carbonyl (C=O) groups excluding carboxylic acids is 1. The number of aromatic nitrogens is 3. The molecule has 1 atom stereocenters. The molecule has 0 aliphatic heterocycles. The minimum absolute atomic E-state index is 0.0811. The molecule has 0 saturated carbocycles. The molecule has 0 radical (unpaired) electrons. The third kappa shape index (κ3) is 5.71. The Bertz CT molecular complexity index is 977. The van der Waals surface area contributed by atoms with Crippen molar-refractivity contribution in [2.45, 2.75) is 31.1 Å². The third-order valence-corrected chi connectivity index (χ3v) is 6.38. The van der Waals surface area contributed by atoms with E-state index in [0.29, 0.717) is 6.54 Å². The van der Waals surface area contributed by atoms with Crippen molar-refractivity contribution in [1.29, 1.82) is 0 Å². The van der Waals surface area contributed by atoms with Gasteiger partial charge in [0.1, 0.15) is 0 Å². The van der Waals surface area contributed by atoms with Crippen LogP contribution in [0.1, 0.15) is 30.8 Å². The van der Waals surface area contributed by atoms with Crippen molar-refractivity contribution in [1.82, 2.24) is 19.7 Å². The molecular formula is C22H26BrN5OS. The SMILES string of the molecule is CCC(c1nnc(SCC(=O)Nc2ccccc2Br)n1Cc1ccccc1)N(C)C. The number of anilines is 1. The van der Waals surface area contributed by atoms with E-state index in [1.54, 1.807) is 0 Å². The maximum Gasteiger partial charge on any atom is 0.234 e. The molecule has 0 aliphatic rings. The Balaban J connectivity index is 1.78. The molecule has 1 aromatic heterocycles. The Labute approximate surface area is 190 Å². The van der Waals surface area contributed by atoms with E-state index in [4.69, 9.17) is 0 Å². The quantitative estimate of drug-likeness (QED) is 0.437. The first-order valence-electron chi connectivity index (χ1n) is 9.80. The summed E-state index contributed by atoms with van der Waals surface area (Å²) in [5.41, 5.74) is 1.93. The standard InChI is InChI=1S/C22H26BrN5OS/c1-4-19(27(2)3)21-25-26-22(28(21)14-16-10-6-5-7-11-16)30-15-20(29)24-18-13-9-8-12-17(18)23/h5-13,19H,4,14-15H2,1-3H3,(H,24,29). The molecule has 6 nitrogen and oxygen atoms in total. The molecule has 0 fully saturated rings. The van der Waals surface area contributed by atoms with Crippen LogP contribution in [-0.2, 0) is 11.3 Å². The van der Waals surface area contributed by atoms with Crippen molar-refractivity contribution in [3.8, 4) is 0 Å². The summed E-state index contributed by atoms with van der Waals surface area (Å²) >= 11 is 4.86. The second kappa shape index (κ2) is 10.7. The number of benzene rings is 2. The zero-order valence-electron chi connectivity index (χ0n) is 17.4. The summed E-state index contributed by atoms with van der Waals surface area (Å²) < 4.78 is 2.98. The minimum atomic E-state index is -0.0811. The third-order valence-electron chi connectivity index (χ3n) is 4.72. The summed E-state index contributed by atoms with van der Waals surface area (Å²) in [5.74, 6) is 1.09. The largest absolute Gasteiger partial charge is 0.324 e. The van der Waals surface area contributed by atoms with Crippen molar-refractivity contribution in [2.75, 3.05) is 25.2 Å². The Morgan fingerprint density at radius 3 is 2.50 bits per heavy atom. The molecule has 1 heterocycles. The Hall–Kier alpha value is -2.16. The fraction of sp³-hybridized carbons (Fsp3) is 0.318. The first-order valence-corrected chi connectivity index (χ1v) is 11.6. The van der Waals surface area contributed by atoms with Gasteiger partial charge < -0.3 is 9.88 Å². The van der Waals surface area contributed by atoms with E-state index in [1.165, 1.54) is 17.3 Å². The molecule has 3 aromatic rings. The molecule has 1 amide bonds. The molecular weight excluding hydrogens is 462 g/mol. The number of para-hydroxylation sites is 1. The second-order valence-corrected chi connectivity index (χ2v) is 8.91. The lowest BCUT2D eigenvalue weighted by Crippen LogP contribution is -2.23. The van der Waals surface area contributed by atoms with Gasteiger partial charge in [-0.2, -0.15) is 0 Å². The van der Waals surface area contributed by atoms with Gasteiger partial charge in [0.15, 0.2) is 11.0 Å². The lowest BCUT2D eigenvalue weighted by Gasteiger charge is -2.23. The van der Waals surface area contributed by atoms with Crippen LogP contribution in [0.5, 0.6) is 0 Å². The van der Waals surface area contributed by atoms with Crippen molar-refractivity contribution >= 4 is 39.3 Å². The van der Waals surface area contributed by atoms with E-state index < -0.39 is 0 Å². The maximum absolute atomic E-state index is 12.5. The van der Waals surface area contributed by atoms with Crippen LogP contribution in [0.15, 0.2) is 64.2 Å². The number of amides is 1. The van der Waals surface area contributed by atoms with Crippen molar-refractivity contribution in [3.05, 3.63) is 70.5 Å². The summed E-state index contributed by atoms with van der Waals surface area (Å²) in [6, 6.07) is 18.0. The van der Waals surface area contributed by atoms with Crippen LogP contribution in [0.4, 0.5) is 5.69 Å². The van der Waals surface area contributed by atoms with Gasteiger partial charge in [0.05, 0.1) is 24.0 Å². The summed E-state index contributed by atoms with van der Waals surface area (Å²) in [6.45, 7) is 2.81. The van der Waals surface area contributed by atoms with Gasteiger partial charge >= 0.3 is 0 Å². The molecule has 0 spiro atoms. The number of thioether (sulfide) groups is 1. The smallest absolute Gasteiger partial charge is 0.234 e. The van der Waals surface area contributed by atoms with E-state index >= 15 is 0 Å². The van der Waals surface area contributed by atoms with Crippen LogP contribution in [0.3, 0.4) is 0 Å². The summed E-state index contributed by atoms with van der Waals surface area (Å²) in [4.78, 5) is 14.6. The first-order chi connectivity index (χ1) is 14.5. The normalized spacial score (nSPS) is 12.2. The van der Waals surface area contributed by atoms with E-state index in [2.05, 4.69) is 60.0 Å². The first kappa shape index (κ1) is 22.5. The van der Waals surface area contributed by atoms with Gasteiger partial charge in [-0.3, -0.25) is 9.69 Å². The zero-order valence-corrected chi connectivity index (χ0v) is 19.8. The van der Waals surface area contributed by atoms with E-state index in [1.807, 2.05) is 56.6 Å². The topological polar surface area (TPSA) is 63.1 Å². The van der Waals surface area contributed by atoms with E-state index in [-0.39, 0.29) is 17.7 Å². The van der Waals surface area contributed by atoms with Crippen LogP contribution in [-0.4, -0.2) is 45.4 Å². The number of nitrogens with one attached hydrogen (secondary N) is 1. The molecule has 158 valence electrons. The summed E-state index contributed by atoms with van der Waals surface area (Å²) in [5, 5.41) is 12.6. The predicted molar refractivity (Wildman–Crippen MR) is 126 cm³/mol. The average Bonchev–Trinajstić information content (AvgIpc) is 3.11. The molecule has 0 saturated heterocycles. The highest BCUT2D eigenvalue weighted by molar-refractivity contribution is 9.10. The molecule has 30 heavy (non-hydrogen) atoms. The predicted octanol–water partition coefficient (Wildman–Crippen LogP) is 4.83. The van der Waals surface area contributed by atoms with Crippen LogP contribution in [0.25, 0.3) is 0 Å². The lowest BCUT2D eigenvalue weighted by molar-refractivity contribution is -0.113. The van der Waals surface area contributed by atoms with E-state index in [9.17, 15) is 4.79 Å². The Morgan fingerprint density at radius 1 is 1.13 bits per heavy atom.